The average Bonchev–Trinajstić information content (AvgIpc) is 2.63. The number of carbonyl (C=O) groups is 1. The quantitative estimate of drug-likeness (QED) is 0.893. The number of rotatable bonds is 5. The van der Waals surface area contributed by atoms with Crippen LogP contribution in [0.1, 0.15) is 57.4 Å². The van der Waals surface area contributed by atoms with Crippen LogP contribution in [0.4, 0.5) is 0 Å². The van der Waals surface area contributed by atoms with Gasteiger partial charge in [-0.1, -0.05) is 49.6 Å². The predicted octanol–water partition coefficient (Wildman–Crippen LogP) is 3.16. The maximum atomic E-state index is 12.6. The van der Waals surface area contributed by atoms with Gasteiger partial charge in [-0.05, 0) is 31.7 Å². The SMILES string of the molecule is CC(N)CCC(=O)N1CCN(Cc2ccccc2)C2(CCCCC2)C1. The Hall–Kier alpha value is -1.39. The monoisotopic (exact) mass is 343 g/mol. The molecule has 1 saturated heterocycles. The van der Waals surface area contributed by atoms with Gasteiger partial charge in [0.05, 0.1) is 0 Å². The Kier molecular flexibility index (Phi) is 6.13. The molecule has 2 N–H and O–H groups in total. The van der Waals surface area contributed by atoms with Crippen molar-refractivity contribution in [3.05, 3.63) is 35.9 Å². The van der Waals surface area contributed by atoms with Crippen molar-refractivity contribution in [2.24, 2.45) is 5.73 Å². The van der Waals surface area contributed by atoms with Crippen LogP contribution in [-0.2, 0) is 11.3 Å². The van der Waals surface area contributed by atoms with Gasteiger partial charge in [-0.3, -0.25) is 9.69 Å². The van der Waals surface area contributed by atoms with Crippen LogP contribution in [0.2, 0.25) is 0 Å². The summed E-state index contributed by atoms with van der Waals surface area (Å²) >= 11 is 0. The van der Waals surface area contributed by atoms with Gasteiger partial charge in [0.2, 0.25) is 5.91 Å². The second kappa shape index (κ2) is 8.33. The molecule has 1 aliphatic carbocycles. The summed E-state index contributed by atoms with van der Waals surface area (Å²) in [4.78, 5) is 17.4. The van der Waals surface area contributed by atoms with E-state index in [1.807, 2.05) is 6.92 Å². The van der Waals surface area contributed by atoms with E-state index in [2.05, 4.69) is 40.1 Å². The van der Waals surface area contributed by atoms with E-state index in [9.17, 15) is 4.79 Å². The van der Waals surface area contributed by atoms with Gasteiger partial charge in [0.25, 0.3) is 0 Å². The van der Waals surface area contributed by atoms with Gasteiger partial charge >= 0.3 is 0 Å². The second-order valence-corrected chi connectivity index (χ2v) is 8.02. The highest BCUT2D eigenvalue weighted by atomic mass is 16.2. The van der Waals surface area contributed by atoms with Crippen molar-refractivity contribution in [2.75, 3.05) is 19.6 Å². The fourth-order valence-corrected chi connectivity index (χ4v) is 4.47. The molecule has 0 bridgehead atoms. The molecular weight excluding hydrogens is 310 g/mol. The summed E-state index contributed by atoms with van der Waals surface area (Å²) in [5.41, 5.74) is 7.39. The largest absolute Gasteiger partial charge is 0.340 e. The van der Waals surface area contributed by atoms with Gasteiger partial charge in [-0.25, -0.2) is 0 Å². The minimum absolute atomic E-state index is 0.104. The second-order valence-electron chi connectivity index (χ2n) is 8.02. The normalized spacial score (nSPS) is 22.1. The number of nitrogens with zero attached hydrogens (tertiary/aromatic N) is 2. The predicted molar refractivity (Wildman–Crippen MR) is 102 cm³/mol. The van der Waals surface area contributed by atoms with Crippen molar-refractivity contribution in [2.45, 2.75) is 70.0 Å². The molecule has 1 heterocycles. The fraction of sp³-hybridized carbons (Fsp3) is 0.667. The van der Waals surface area contributed by atoms with Crippen molar-refractivity contribution in [3.8, 4) is 0 Å². The van der Waals surface area contributed by atoms with E-state index in [4.69, 9.17) is 5.73 Å². The van der Waals surface area contributed by atoms with E-state index in [1.54, 1.807) is 0 Å². The first-order valence-electron chi connectivity index (χ1n) is 9.91. The lowest BCUT2D eigenvalue weighted by Gasteiger charge is -2.53. The molecule has 1 unspecified atom stereocenters. The summed E-state index contributed by atoms with van der Waals surface area (Å²) in [6, 6.07) is 10.9. The minimum Gasteiger partial charge on any atom is -0.340 e. The highest BCUT2D eigenvalue weighted by molar-refractivity contribution is 5.76. The lowest BCUT2D eigenvalue weighted by atomic mass is 9.78. The molecule has 0 aromatic heterocycles. The van der Waals surface area contributed by atoms with Gasteiger partial charge in [0, 0.05) is 44.2 Å². The minimum atomic E-state index is 0.104. The topological polar surface area (TPSA) is 49.6 Å². The Bertz CT molecular complexity index is 552. The standard InChI is InChI=1S/C21H33N3O/c1-18(22)10-11-20(25)23-14-15-24(16-19-8-4-2-5-9-19)21(17-23)12-6-3-7-13-21/h2,4-5,8-9,18H,3,6-7,10-17,22H2,1H3. The number of hydrogen-bond acceptors (Lipinski definition) is 3. The van der Waals surface area contributed by atoms with Crippen LogP contribution in [0.25, 0.3) is 0 Å². The zero-order valence-electron chi connectivity index (χ0n) is 15.6. The average molecular weight is 344 g/mol. The molecule has 1 aromatic rings. The molecule has 3 rings (SSSR count). The van der Waals surface area contributed by atoms with Crippen molar-refractivity contribution in [3.63, 3.8) is 0 Å². The Morgan fingerprint density at radius 3 is 2.56 bits per heavy atom. The molecule has 1 atom stereocenters. The van der Waals surface area contributed by atoms with Gasteiger partial charge in [0.15, 0.2) is 0 Å². The number of hydrogen-bond donors (Lipinski definition) is 1. The molecule has 0 radical (unpaired) electrons. The first-order valence-corrected chi connectivity index (χ1v) is 9.91. The van der Waals surface area contributed by atoms with E-state index in [0.717, 1.165) is 32.6 Å². The third kappa shape index (κ3) is 4.62. The molecule has 1 saturated carbocycles. The molecule has 4 heteroatoms. The maximum absolute atomic E-state index is 12.6. The highest BCUT2D eigenvalue weighted by Gasteiger charge is 2.43. The molecule has 1 spiro atoms. The molecule has 4 nitrogen and oxygen atoms in total. The summed E-state index contributed by atoms with van der Waals surface area (Å²) in [6.45, 7) is 5.72. The van der Waals surface area contributed by atoms with Gasteiger partial charge < -0.3 is 10.6 Å². The van der Waals surface area contributed by atoms with Gasteiger partial charge in [0.1, 0.15) is 0 Å². The molecular formula is C21H33N3O. The molecule has 2 aliphatic rings. The molecule has 1 aromatic carbocycles. The zero-order chi connectivity index (χ0) is 17.7. The third-order valence-corrected chi connectivity index (χ3v) is 5.96. The first-order chi connectivity index (χ1) is 12.1. The maximum Gasteiger partial charge on any atom is 0.222 e. The van der Waals surface area contributed by atoms with Crippen LogP contribution in [-0.4, -0.2) is 46.9 Å². The van der Waals surface area contributed by atoms with E-state index < -0.39 is 0 Å². The van der Waals surface area contributed by atoms with Gasteiger partial charge in [-0.15, -0.1) is 0 Å². The number of piperazine rings is 1. The molecule has 25 heavy (non-hydrogen) atoms. The summed E-state index contributed by atoms with van der Waals surface area (Å²) in [5.74, 6) is 0.293. The van der Waals surface area contributed by atoms with E-state index in [0.29, 0.717) is 12.3 Å². The Balaban J connectivity index is 1.70. The van der Waals surface area contributed by atoms with Crippen LogP contribution in [0.5, 0.6) is 0 Å². The van der Waals surface area contributed by atoms with Crippen LogP contribution >= 0.6 is 0 Å². The smallest absolute Gasteiger partial charge is 0.222 e. The Morgan fingerprint density at radius 2 is 1.88 bits per heavy atom. The molecule has 138 valence electrons. The molecule has 2 fully saturated rings. The summed E-state index contributed by atoms with van der Waals surface area (Å²) in [5, 5.41) is 0. The van der Waals surface area contributed by atoms with Crippen molar-refractivity contribution < 1.29 is 4.79 Å². The van der Waals surface area contributed by atoms with E-state index in [-0.39, 0.29) is 11.6 Å². The highest BCUT2D eigenvalue weighted by Crippen LogP contribution is 2.37. The lowest BCUT2D eigenvalue weighted by Crippen LogP contribution is -2.63. The van der Waals surface area contributed by atoms with Crippen molar-refractivity contribution in [1.82, 2.24) is 9.80 Å². The molecule has 1 amide bonds. The number of carbonyl (C=O) groups excluding carboxylic acids is 1. The third-order valence-electron chi connectivity index (χ3n) is 5.96. The summed E-state index contributed by atoms with van der Waals surface area (Å²) in [6.07, 6.45) is 7.72. The van der Waals surface area contributed by atoms with Crippen molar-refractivity contribution >= 4 is 5.91 Å². The van der Waals surface area contributed by atoms with Crippen LogP contribution in [0.3, 0.4) is 0 Å². The van der Waals surface area contributed by atoms with Crippen LogP contribution < -0.4 is 5.73 Å². The van der Waals surface area contributed by atoms with Crippen LogP contribution in [0, 0.1) is 0 Å². The van der Waals surface area contributed by atoms with E-state index >= 15 is 0 Å². The lowest BCUT2D eigenvalue weighted by molar-refractivity contribution is -0.139. The van der Waals surface area contributed by atoms with Gasteiger partial charge in [-0.2, -0.15) is 0 Å². The first kappa shape index (κ1) is 18.4. The van der Waals surface area contributed by atoms with Crippen LogP contribution in [0.15, 0.2) is 30.3 Å². The Morgan fingerprint density at radius 1 is 1.16 bits per heavy atom. The summed E-state index contributed by atoms with van der Waals surface area (Å²) < 4.78 is 0. The zero-order valence-corrected chi connectivity index (χ0v) is 15.6. The Labute approximate surface area is 152 Å². The fourth-order valence-electron chi connectivity index (χ4n) is 4.47. The number of amides is 1. The number of nitrogens with two attached hydrogens (primary N) is 1. The van der Waals surface area contributed by atoms with Crippen molar-refractivity contribution in [1.29, 1.82) is 0 Å². The van der Waals surface area contributed by atoms with E-state index in [1.165, 1.54) is 37.7 Å². The summed E-state index contributed by atoms with van der Waals surface area (Å²) in [7, 11) is 0. The molecule has 1 aliphatic heterocycles. The number of benzene rings is 1.